The molecule has 4 rings (SSSR count). The van der Waals surface area contributed by atoms with Gasteiger partial charge >= 0.3 is 108 Å². The maximum atomic E-state index is 9.87. The Morgan fingerprint density at radius 3 is 0.750 bits per heavy atom. The molecule has 16 heteroatoms. The molecule has 0 N–H and O–H groups in total. The van der Waals surface area contributed by atoms with Crippen molar-refractivity contribution in [3.05, 3.63) is 134 Å². The molecule has 0 radical (unpaired) electrons. The quantitative estimate of drug-likeness (QED) is 0.106. The van der Waals surface area contributed by atoms with Crippen molar-refractivity contribution in [2.24, 2.45) is 0 Å². The third-order valence-corrected chi connectivity index (χ3v) is 10.4. The molecule has 0 bridgehead atoms. The molecule has 44 heavy (non-hydrogen) atoms. The average Bonchev–Trinajstić information content (AvgIpc) is 2.84. The van der Waals surface area contributed by atoms with Crippen LogP contribution in [0.3, 0.4) is 0 Å². The number of aryl methyl sites for hydroxylation is 4. The van der Waals surface area contributed by atoms with E-state index in [1.165, 1.54) is 36.5 Å². The zero-order valence-electron chi connectivity index (χ0n) is 22.8. The van der Waals surface area contributed by atoms with Gasteiger partial charge < -0.3 is 0 Å². The van der Waals surface area contributed by atoms with E-state index < -0.39 is 15.6 Å². The first-order valence-corrected chi connectivity index (χ1v) is 20.6. The zero-order valence-corrected chi connectivity index (χ0v) is 28.9. The Morgan fingerprint density at radius 1 is 0.364 bits per heavy atom. The fraction of sp³-hybridized carbons (Fsp3) is 0.143. The van der Waals surface area contributed by atoms with E-state index in [0.717, 1.165) is 12.8 Å². The van der Waals surface area contributed by atoms with Gasteiger partial charge in [-0.25, -0.2) is 0 Å². The van der Waals surface area contributed by atoms with E-state index in [2.05, 4.69) is 111 Å². The van der Waals surface area contributed by atoms with Crippen LogP contribution in [0.1, 0.15) is 22.3 Å². The summed E-state index contributed by atoms with van der Waals surface area (Å²) >= 11 is -0.151. The van der Waals surface area contributed by atoms with Crippen LogP contribution in [-0.4, -0.2) is 0 Å². The van der Waals surface area contributed by atoms with Crippen LogP contribution in [0.2, 0.25) is 0 Å². The topological polar surface area (TPSA) is 0 Å². The van der Waals surface area contributed by atoms with Crippen molar-refractivity contribution in [3.63, 3.8) is 0 Å². The van der Waals surface area contributed by atoms with E-state index in [4.69, 9.17) is 0 Å². The van der Waals surface area contributed by atoms with Crippen LogP contribution in [0.15, 0.2) is 97.1 Å². The molecule has 0 saturated heterocycles. The molecule has 0 atom stereocenters. The Bertz CT molecular complexity index is 1360. The van der Waals surface area contributed by atoms with Crippen molar-refractivity contribution in [2.75, 3.05) is 0 Å². The van der Waals surface area contributed by atoms with E-state index in [1.807, 2.05) is 0 Å². The Labute approximate surface area is 267 Å². The molecule has 0 amide bonds. The third kappa shape index (κ3) is 23.7. The molecule has 0 aliphatic carbocycles. The van der Waals surface area contributed by atoms with Crippen molar-refractivity contribution >= 4 is 15.6 Å². The van der Waals surface area contributed by atoms with Crippen LogP contribution in [0.25, 0.3) is 0 Å². The van der Waals surface area contributed by atoms with Gasteiger partial charge in [0.05, 0.1) is 0 Å². The molecule has 0 aliphatic rings. The molecule has 0 spiro atoms. The molecule has 0 fully saturated rings. The summed E-state index contributed by atoms with van der Waals surface area (Å²) in [6.07, 6.45) is 2.21. The van der Waals surface area contributed by atoms with Gasteiger partial charge in [0.25, 0.3) is 0 Å². The average molecular weight is 906 g/mol. The van der Waals surface area contributed by atoms with E-state index >= 15 is 0 Å². The van der Waals surface area contributed by atoms with Crippen molar-refractivity contribution in [3.8, 4) is 0 Å². The van der Waals surface area contributed by atoms with Crippen molar-refractivity contribution in [1.29, 1.82) is 0 Å². The Kier molecular flexibility index (Phi) is 11.3. The first kappa shape index (κ1) is 38.5. The molecular formula is C28H26F12I2P2. The first-order chi connectivity index (χ1) is 19.5. The number of hydrogen-bond acceptors (Lipinski definition) is 0. The van der Waals surface area contributed by atoms with Gasteiger partial charge in [-0.3, -0.25) is 0 Å². The molecule has 4 aromatic rings. The normalized spacial score (nSPS) is 14.8. The van der Waals surface area contributed by atoms with Crippen molar-refractivity contribution in [1.82, 2.24) is 0 Å². The van der Waals surface area contributed by atoms with Crippen LogP contribution in [0.4, 0.5) is 50.4 Å². The van der Waals surface area contributed by atoms with Gasteiger partial charge in [-0.15, -0.1) is 0 Å². The van der Waals surface area contributed by atoms with Gasteiger partial charge in [-0.2, -0.15) is 0 Å². The van der Waals surface area contributed by atoms with E-state index in [9.17, 15) is 50.4 Å². The summed E-state index contributed by atoms with van der Waals surface area (Å²) < 4.78 is 124. The Morgan fingerprint density at radius 2 is 0.545 bits per heavy atom. The molecule has 0 aliphatic heterocycles. The van der Waals surface area contributed by atoms with Crippen LogP contribution in [-0.2, 0) is 12.8 Å². The predicted molar refractivity (Wildman–Crippen MR) is 145 cm³/mol. The van der Waals surface area contributed by atoms with Gasteiger partial charge in [0.1, 0.15) is 0 Å². The van der Waals surface area contributed by atoms with Gasteiger partial charge in [0.2, 0.25) is 0 Å². The standard InChI is InChI=1S/C28H26I2.2F6P/c1-21-3-13-25(14-4-21)29-27-17-9-23(10-18-27)7-8-24-11-19-28(20-12-24)30-26-15-5-22(2)6-16-26;2*1-7(2,3,4,5)6/h3-6,9-20H,7-8H2,1-2H3;;/q+2;2*-1. The molecular weight excluding hydrogens is 880 g/mol. The number of halogens is 14. The predicted octanol–water partition coefficient (Wildman–Crippen LogP) is 7.11. The van der Waals surface area contributed by atoms with Crippen LogP contribution < -0.4 is 42.4 Å². The summed E-state index contributed by atoms with van der Waals surface area (Å²) in [7, 11) is -21.3. The van der Waals surface area contributed by atoms with Gasteiger partial charge in [-0.1, -0.05) is 59.7 Å². The maximum absolute atomic E-state index is 10.7. The second-order valence-corrected chi connectivity index (χ2v) is 19.3. The summed E-state index contributed by atoms with van der Waals surface area (Å²) in [4.78, 5) is 0. The number of rotatable bonds is 7. The number of benzene rings is 4. The molecule has 0 aromatic heterocycles. The SMILES string of the molecule is Cc1ccc([I+]c2ccc(CCc3ccc([I+]c4ccc(C)cc4)cc3)cc2)cc1.F[P-](F)(F)(F)(F)F.F[P-](F)(F)(F)(F)F. The fourth-order valence-electron chi connectivity index (χ4n) is 3.16. The second-order valence-electron chi connectivity index (χ2n) is 9.45. The van der Waals surface area contributed by atoms with E-state index in [1.54, 1.807) is 0 Å². The molecule has 246 valence electrons. The Hall–Kier alpha value is -1.64. The summed E-state index contributed by atoms with van der Waals surface area (Å²) in [6, 6.07) is 36.6. The van der Waals surface area contributed by atoms with Gasteiger partial charge in [0.15, 0.2) is 14.3 Å². The van der Waals surface area contributed by atoms with Crippen LogP contribution in [0, 0.1) is 28.1 Å². The summed E-state index contributed by atoms with van der Waals surface area (Å²) in [5.41, 5.74) is 5.54. The van der Waals surface area contributed by atoms with Crippen LogP contribution >= 0.6 is 15.6 Å². The fourth-order valence-corrected chi connectivity index (χ4v) is 7.48. The summed E-state index contributed by atoms with van der Waals surface area (Å²) in [6.45, 7) is 4.30. The second kappa shape index (κ2) is 12.9. The van der Waals surface area contributed by atoms with Crippen molar-refractivity contribution in [2.45, 2.75) is 26.7 Å². The van der Waals surface area contributed by atoms with Crippen molar-refractivity contribution < 1.29 is 92.8 Å². The molecule has 4 aromatic carbocycles. The molecule has 0 unspecified atom stereocenters. The minimum absolute atomic E-state index is 0.0756. The zero-order chi connectivity index (χ0) is 33.6. The number of hydrogen-bond donors (Lipinski definition) is 0. The van der Waals surface area contributed by atoms with Gasteiger partial charge in [0, 0.05) is 0 Å². The molecule has 0 saturated carbocycles. The Balaban J connectivity index is 0.000000402. The van der Waals surface area contributed by atoms with E-state index in [0.29, 0.717) is 0 Å². The molecule has 0 nitrogen and oxygen atoms in total. The first-order valence-electron chi connectivity index (χ1n) is 12.3. The third-order valence-electron chi connectivity index (χ3n) is 4.99. The van der Waals surface area contributed by atoms with E-state index in [-0.39, 0.29) is 42.4 Å². The molecule has 0 heterocycles. The summed E-state index contributed by atoms with van der Waals surface area (Å²) in [5, 5.41) is 0. The monoisotopic (exact) mass is 906 g/mol. The van der Waals surface area contributed by atoms with Gasteiger partial charge in [-0.05, 0) is 86.3 Å². The van der Waals surface area contributed by atoms with Crippen LogP contribution in [0.5, 0.6) is 0 Å². The minimum atomic E-state index is -10.7. The summed E-state index contributed by atoms with van der Waals surface area (Å²) in [5.74, 6) is 0.